The molecule has 0 unspecified atom stereocenters. The molecule has 8 nitrogen and oxygen atoms in total. The van der Waals surface area contributed by atoms with Gasteiger partial charge in [-0.25, -0.2) is 0 Å². The molecule has 0 fully saturated rings. The summed E-state index contributed by atoms with van der Waals surface area (Å²) in [7, 11) is 3.06. The topological polar surface area (TPSA) is 110 Å². The highest BCUT2D eigenvalue weighted by atomic mass is 32.2. The Labute approximate surface area is 237 Å². The fraction of sp³-hybridized carbons (Fsp3) is 0.194. The monoisotopic (exact) mass is 555 g/mol. The van der Waals surface area contributed by atoms with Crippen LogP contribution in [0, 0.1) is 11.3 Å². The zero-order valence-corrected chi connectivity index (χ0v) is 23.2. The molecule has 204 valence electrons. The fourth-order valence-electron chi connectivity index (χ4n) is 4.32. The van der Waals surface area contributed by atoms with Gasteiger partial charge in [-0.1, -0.05) is 66.4 Å². The van der Waals surface area contributed by atoms with E-state index in [2.05, 4.69) is 16.7 Å². The van der Waals surface area contributed by atoms with Gasteiger partial charge in [0.25, 0.3) is 5.91 Å². The Balaban J connectivity index is 1.65. The molecule has 0 aromatic heterocycles. The zero-order valence-electron chi connectivity index (χ0n) is 22.4. The van der Waals surface area contributed by atoms with Crippen molar-refractivity contribution in [2.24, 2.45) is 0 Å². The minimum absolute atomic E-state index is 0.0160. The quantitative estimate of drug-likeness (QED) is 0.315. The summed E-state index contributed by atoms with van der Waals surface area (Å²) in [4.78, 5) is 26.1. The summed E-state index contributed by atoms with van der Waals surface area (Å²) >= 11 is 1.16. The van der Waals surface area contributed by atoms with Gasteiger partial charge in [0, 0.05) is 17.0 Å². The minimum atomic E-state index is -0.724. The van der Waals surface area contributed by atoms with E-state index in [1.54, 1.807) is 37.3 Å². The van der Waals surface area contributed by atoms with E-state index >= 15 is 0 Å². The largest absolute Gasteiger partial charge is 0.493 e. The van der Waals surface area contributed by atoms with E-state index in [1.807, 2.05) is 48.5 Å². The number of carbonyl (C=O) groups excluding carboxylic acids is 2. The third-order valence-corrected chi connectivity index (χ3v) is 7.23. The van der Waals surface area contributed by atoms with E-state index in [1.165, 1.54) is 14.2 Å². The first-order valence-electron chi connectivity index (χ1n) is 12.5. The summed E-state index contributed by atoms with van der Waals surface area (Å²) in [5.74, 6) is -0.521. The van der Waals surface area contributed by atoms with Crippen molar-refractivity contribution in [3.8, 4) is 17.6 Å². The smallest absolute Gasteiger partial charge is 0.316 e. The number of nitrogens with one attached hydrogen (secondary N) is 2. The number of thioether (sulfide) groups is 1. The van der Waals surface area contributed by atoms with Gasteiger partial charge in [-0.05, 0) is 42.3 Å². The lowest BCUT2D eigenvalue weighted by Gasteiger charge is -2.30. The van der Waals surface area contributed by atoms with E-state index in [0.29, 0.717) is 44.6 Å². The highest BCUT2D eigenvalue weighted by Gasteiger charge is 2.35. The van der Waals surface area contributed by atoms with Crippen LogP contribution in [0.25, 0.3) is 0 Å². The molecule has 0 saturated carbocycles. The van der Waals surface area contributed by atoms with Crippen LogP contribution in [-0.2, 0) is 20.9 Å². The Hall–Kier alpha value is -4.68. The second-order valence-corrected chi connectivity index (χ2v) is 9.81. The van der Waals surface area contributed by atoms with Crippen molar-refractivity contribution in [2.45, 2.75) is 19.4 Å². The second-order valence-electron chi connectivity index (χ2n) is 8.82. The first-order valence-corrected chi connectivity index (χ1v) is 13.5. The number of benzene rings is 3. The van der Waals surface area contributed by atoms with Crippen LogP contribution in [0.3, 0.4) is 0 Å². The molecule has 1 atom stereocenters. The molecule has 1 aliphatic heterocycles. The van der Waals surface area contributed by atoms with Crippen LogP contribution in [0.2, 0.25) is 0 Å². The van der Waals surface area contributed by atoms with Gasteiger partial charge in [-0.3, -0.25) is 9.59 Å². The van der Waals surface area contributed by atoms with Crippen LogP contribution in [0.5, 0.6) is 11.5 Å². The number of hydrogen-bond acceptors (Lipinski definition) is 8. The Morgan fingerprint density at radius 3 is 2.30 bits per heavy atom. The average Bonchev–Trinajstić information content (AvgIpc) is 2.99. The maximum absolute atomic E-state index is 13.6. The Morgan fingerprint density at radius 2 is 1.65 bits per heavy atom. The highest BCUT2D eigenvalue weighted by molar-refractivity contribution is 8.03. The van der Waals surface area contributed by atoms with Gasteiger partial charge >= 0.3 is 5.97 Å². The first-order chi connectivity index (χ1) is 19.4. The van der Waals surface area contributed by atoms with Crippen molar-refractivity contribution in [3.05, 3.63) is 112 Å². The van der Waals surface area contributed by atoms with Crippen LogP contribution in [-0.4, -0.2) is 31.8 Å². The van der Waals surface area contributed by atoms with E-state index in [4.69, 9.17) is 14.2 Å². The number of amides is 1. The number of dihydropyridines is 1. The summed E-state index contributed by atoms with van der Waals surface area (Å²) in [5.41, 5.74) is 3.42. The maximum atomic E-state index is 13.6. The van der Waals surface area contributed by atoms with Crippen molar-refractivity contribution in [3.63, 3.8) is 0 Å². The van der Waals surface area contributed by atoms with Crippen LogP contribution in [0.4, 0.5) is 5.69 Å². The molecule has 1 amide bonds. The molecule has 2 N–H and O–H groups in total. The molecule has 0 saturated heterocycles. The summed E-state index contributed by atoms with van der Waals surface area (Å²) < 4.78 is 16.3. The number of carbonyl (C=O) groups is 2. The number of hydrogen-bond donors (Lipinski definition) is 2. The standard InChI is InChI=1S/C31H29N3O5S/c1-20-28(30(36)34-23-12-8-5-9-13-23)29(22-14-15-25(37-2)26(16-22)38-3)24(17-32)31(33-20)40-19-27(35)39-18-21-10-6-4-7-11-21/h4-16,29,33H,18-19H2,1-3H3,(H,34,36)/t29-/m0/s1. The average molecular weight is 556 g/mol. The van der Waals surface area contributed by atoms with Crippen LogP contribution < -0.4 is 20.1 Å². The lowest BCUT2D eigenvalue weighted by Crippen LogP contribution is -2.31. The minimum Gasteiger partial charge on any atom is -0.493 e. The van der Waals surface area contributed by atoms with Gasteiger partial charge in [0.15, 0.2) is 11.5 Å². The molecule has 9 heteroatoms. The van der Waals surface area contributed by atoms with Crippen molar-refractivity contribution in [1.82, 2.24) is 5.32 Å². The summed E-state index contributed by atoms with van der Waals surface area (Å²) in [6.45, 7) is 1.94. The number of nitrogens with zero attached hydrogens (tertiary/aromatic N) is 1. The van der Waals surface area contributed by atoms with E-state index in [-0.39, 0.29) is 18.3 Å². The van der Waals surface area contributed by atoms with Gasteiger partial charge < -0.3 is 24.8 Å². The SMILES string of the molecule is COc1ccc([C@H]2C(C#N)=C(SCC(=O)OCc3ccccc3)NC(C)=C2C(=O)Nc2ccccc2)cc1OC. The lowest BCUT2D eigenvalue weighted by molar-refractivity contribution is -0.141. The van der Waals surface area contributed by atoms with E-state index in [0.717, 1.165) is 17.3 Å². The molecule has 40 heavy (non-hydrogen) atoms. The summed E-state index contributed by atoms with van der Waals surface area (Å²) in [6, 6.07) is 26.1. The number of methoxy groups -OCH3 is 2. The number of nitriles is 1. The molecule has 1 heterocycles. The predicted molar refractivity (Wildman–Crippen MR) is 155 cm³/mol. The number of rotatable bonds is 10. The molecule has 3 aromatic carbocycles. The fourth-order valence-corrected chi connectivity index (χ4v) is 5.21. The third kappa shape index (κ3) is 6.65. The van der Waals surface area contributed by atoms with E-state index in [9.17, 15) is 14.9 Å². The molecular formula is C31H29N3O5S. The molecule has 3 aromatic rings. The zero-order chi connectivity index (χ0) is 28.5. The Bertz CT molecular complexity index is 1480. The van der Waals surface area contributed by atoms with Gasteiger partial charge in [-0.15, -0.1) is 0 Å². The first kappa shape index (κ1) is 28.3. The highest BCUT2D eigenvalue weighted by Crippen LogP contribution is 2.43. The van der Waals surface area contributed by atoms with Gasteiger partial charge in [-0.2, -0.15) is 5.26 Å². The van der Waals surface area contributed by atoms with Crippen LogP contribution >= 0.6 is 11.8 Å². The van der Waals surface area contributed by atoms with Crippen molar-refractivity contribution < 1.29 is 23.8 Å². The van der Waals surface area contributed by atoms with Crippen molar-refractivity contribution in [1.29, 1.82) is 5.26 Å². The predicted octanol–water partition coefficient (Wildman–Crippen LogP) is 5.52. The normalized spacial score (nSPS) is 14.6. The number of para-hydroxylation sites is 1. The van der Waals surface area contributed by atoms with E-state index < -0.39 is 11.9 Å². The van der Waals surface area contributed by atoms with Crippen molar-refractivity contribution >= 4 is 29.3 Å². The van der Waals surface area contributed by atoms with Crippen molar-refractivity contribution in [2.75, 3.05) is 25.3 Å². The molecule has 0 bridgehead atoms. The second kappa shape index (κ2) is 13.4. The number of allylic oxidation sites excluding steroid dienone is 2. The Morgan fingerprint density at radius 1 is 0.975 bits per heavy atom. The van der Waals surface area contributed by atoms with Crippen LogP contribution in [0.15, 0.2) is 101 Å². The number of anilines is 1. The molecule has 0 aliphatic carbocycles. The Kier molecular flexibility index (Phi) is 9.49. The lowest BCUT2D eigenvalue weighted by atomic mass is 9.82. The number of esters is 1. The van der Waals surface area contributed by atoms with Gasteiger partial charge in [0.05, 0.1) is 42.6 Å². The maximum Gasteiger partial charge on any atom is 0.316 e. The van der Waals surface area contributed by atoms with Crippen LogP contribution in [0.1, 0.15) is 24.0 Å². The molecule has 0 spiro atoms. The van der Waals surface area contributed by atoms with Gasteiger partial charge in [0.1, 0.15) is 6.61 Å². The molecule has 4 rings (SSSR count). The van der Waals surface area contributed by atoms with Gasteiger partial charge in [0.2, 0.25) is 0 Å². The summed E-state index contributed by atoms with van der Waals surface area (Å²) in [5, 5.41) is 16.9. The molecular weight excluding hydrogens is 526 g/mol. The summed E-state index contributed by atoms with van der Waals surface area (Å²) in [6.07, 6.45) is 0. The molecule has 0 radical (unpaired) electrons. The number of ether oxygens (including phenoxy) is 3. The molecule has 1 aliphatic rings. The third-order valence-electron chi connectivity index (χ3n) is 6.24.